The highest BCUT2D eigenvalue weighted by Gasteiger charge is 2.45. The van der Waals surface area contributed by atoms with E-state index in [9.17, 15) is 19.1 Å². The van der Waals surface area contributed by atoms with Gasteiger partial charge in [-0.25, -0.2) is 9.78 Å². The van der Waals surface area contributed by atoms with E-state index in [1.165, 1.54) is 0 Å². The molecule has 0 saturated heterocycles. The molecule has 7 heteroatoms. The van der Waals surface area contributed by atoms with E-state index in [4.69, 9.17) is 9.72 Å². The van der Waals surface area contributed by atoms with Gasteiger partial charge in [-0.15, -0.1) is 0 Å². The van der Waals surface area contributed by atoms with E-state index < -0.39 is 18.2 Å². The average Bonchev–Trinajstić information content (AvgIpc) is 3.07. The van der Waals surface area contributed by atoms with Crippen molar-refractivity contribution in [1.82, 2.24) is 9.55 Å². The number of carbonyl (C=O) groups excluding carboxylic acids is 1. The Kier molecular flexibility index (Phi) is 3.86. The molecule has 148 valence electrons. The fourth-order valence-electron chi connectivity index (χ4n) is 4.30. The highest BCUT2D eigenvalue weighted by Crippen LogP contribution is 2.38. The number of carbonyl (C=O) groups is 1. The number of alkyl halides is 1. The van der Waals surface area contributed by atoms with Gasteiger partial charge in [0.15, 0.2) is 5.60 Å². The molecule has 0 spiro atoms. The number of rotatable bonds is 3. The second-order valence-corrected chi connectivity index (χ2v) is 7.57. The molecule has 0 radical (unpaired) electrons. The number of esters is 1. The lowest BCUT2D eigenvalue weighted by molar-refractivity contribution is -0.172. The second-order valence-electron chi connectivity index (χ2n) is 7.57. The third-order valence-electron chi connectivity index (χ3n) is 5.96. The molecule has 2 aromatic heterocycles. The largest absolute Gasteiger partial charge is 0.458 e. The summed E-state index contributed by atoms with van der Waals surface area (Å²) in [5.41, 5.74) is 2.26. The smallest absolute Gasteiger partial charge is 0.343 e. The van der Waals surface area contributed by atoms with Gasteiger partial charge in [0.25, 0.3) is 5.56 Å². The fraction of sp³-hybridized carbons (Fsp3) is 0.318. The molecule has 0 saturated carbocycles. The number of aliphatic hydroxyl groups is 1. The summed E-state index contributed by atoms with van der Waals surface area (Å²) in [6.07, 6.45) is 0.458. The average molecular weight is 394 g/mol. The molecule has 0 aliphatic carbocycles. The Labute approximate surface area is 165 Å². The van der Waals surface area contributed by atoms with Crippen LogP contribution in [0.5, 0.6) is 0 Å². The van der Waals surface area contributed by atoms with E-state index in [1.807, 2.05) is 24.3 Å². The van der Waals surface area contributed by atoms with Crippen LogP contribution in [0.3, 0.4) is 0 Å². The Morgan fingerprint density at radius 3 is 2.86 bits per heavy atom. The molecule has 0 fully saturated rings. The third kappa shape index (κ3) is 2.47. The van der Waals surface area contributed by atoms with Crippen LogP contribution in [0.4, 0.5) is 4.39 Å². The minimum absolute atomic E-state index is 0.108. The second kappa shape index (κ2) is 6.22. The summed E-state index contributed by atoms with van der Waals surface area (Å²) in [6, 6.07) is 9.28. The molecule has 3 aromatic rings. The standard InChI is InChI=1S/C22H19FN2O4/c1-2-22(28)16-9-18-19-14(10-25(18)20(26)15(16)11-29-21(22)27)8-13-7-12(5-6-23)3-4-17(13)24-19/h3-4,7-9,28H,2,5-6,10-11H2,1H3/t22-/m0/s1. The molecule has 2 aliphatic heterocycles. The number of pyridine rings is 2. The van der Waals surface area contributed by atoms with E-state index >= 15 is 0 Å². The lowest BCUT2D eigenvalue weighted by Gasteiger charge is -2.31. The molecule has 2 aliphatic rings. The van der Waals surface area contributed by atoms with Crippen LogP contribution in [-0.4, -0.2) is 27.3 Å². The van der Waals surface area contributed by atoms with Gasteiger partial charge in [-0.3, -0.25) is 9.18 Å². The minimum Gasteiger partial charge on any atom is -0.458 e. The highest BCUT2D eigenvalue weighted by molar-refractivity contribution is 5.86. The summed E-state index contributed by atoms with van der Waals surface area (Å²) in [5, 5.41) is 11.8. The first-order chi connectivity index (χ1) is 14.0. The zero-order chi connectivity index (χ0) is 20.3. The number of aryl methyl sites for hydroxylation is 1. The van der Waals surface area contributed by atoms with Gasteiger partial charge < -0.3 is 14.4 Å². The molecular formula is C22H19FN2O4. The van der Waals surface area contributed by atoms with Crippen molar-refractivity contribution in [3.63, 3.8) is 0 Å². The summed E-state index contributed by atoms with van der Waals surface area (Å²) in [5.74, 6) is -0.734. The number of hydrogen-bond acceptors (Lipinski definition) is 5. The number of aromatic nitrogens is 2. The molecule has 4 heterocycles. The van der Waals surface area contributed by atoms with Gasteiger partial charge in [-0.2, -0.15) is 0 Å². The molecule has 0 amide bonds. The van der Waals surface area contributed by atoms with Crippen molar-refractivity contribution >= 4 is 16.9 Å². The maximum Gasteiger partial charge on any atom is 0.343 e. The lowest BCUT2D eigenvalue weighted by Crippen LogP contribution is -2.44. The van der Waals surface area contributed by atoms with Crippen LogP contribution in [0.1, 0.15) is 35.6 Å². The molecule has 1 aromatic carbocycles. The Morgan fingerprint density at radius 2 is 2.10 bits per heavy atom. The lowest BCUT2D eigenvalue weighted by atomic mass is 9.86. The quantitative estimate of drug-likeness (QED) is 0.540. The molecule has 29 heavy (non-hydrogen) atoms. The molecule has 1 atom stereocenters. The fourth-order valence-corrected chi connectivity index (χ4v) is 4.30. The van der Waals surface area contributed by atoms with Crippen molar-refractivity contribution in [2.75, 3.05) is 6.67 Å². The van der Waals surface area contributed by atoms with Gasteiger partial charge in [-0.1, -0.05) is 13.0 Å². The third-order valence-corrected chi connectivity index (χ3v) is 5.96. The van der Waals surface area contributed by atoms with Crippen molar-refractivity contribution in [1.29, 1.82) is 0 Å². The predicted molar refractivity (Wildman–Crippen MR) is 104 cm³/mol. The van der Waals surface area contributed by atoms with Crippen LogP contribution in [0, 0.1) is 0 Å². The summed E-state index contributed by atoms with van der Waals surface area (Å²) in [6.45, 7) is 1.47. The number of hydrogen-bond donors (Lipinski definition) is 1. The number of nitrogens with zero attached hydrogens (tertiary/aromatic N) is 2. The van der Waals surface area contributed by atoms with Gasteiger partial charge >= 0.3 is 5.97 Å². The van der Waals surface area contributed by atoms with Crippen LogP contribution in [0.25, 0.3) is 22.3 Å². The van der Waals surface area contributed by atoms with E-state index in [1.54, 1.807) is 17.6 Å². The van der Waals surface area contributed by atoms with Crippen LogP contribution in [0.15, 0.2) is 35.1 Å². The van der Waals surface area contributed by atoms with E-state index in [0.29, 0.717) is 35.5 Å². The zero-order valence-electron chi connectivity index (χ0n) is 15.9. The Morgan fingerprint density at radius 1 is 1.28 bits per heavy atom. The van der Waals surface area contributed by atoms with Gasteiger partial charge in [0.2, 0.25) is 0 Å². The van der Waals surface area contributed by atoms with Crippen molar-refractivity contribution in [3.8, 4) is 11.4 Å². The Balaban J connectivity index is 1.72. The minimum atomic E-state index is -1.83. The van der Waals surface area contributed by atoms with E-state index in [2.05, 4.69) is 0 Å². The summed E-state index contributed by atoms with van der Waals surface area (Å²) in [7, 11) is 0. The Hall–Kier alpha value is -3.06. The first-order valence-electron chi connectivity index (χ1n) is 9.62. The van der Waals surface area contributed by atoms with Gasteiger partial charge in [0, 0.05) is 22.9 Å². The number of cyclic esters (lactones) is 1. The summed E-state index contributed by atoms with van der Waals surface area (Å²) in [4.78, 5) is 30.0. The van der Waals surface area contributed by atoms with Crippen LogP contribution < -0.4 is 5.56 Å². The molecule has 5 rings (SSSR count). The van der Waals surface area contributed by atoms with E-state index in [0.717, 1.165) is 22.0 Å². The SMILES string of the molecule is CC[C@@]1(O)C(=O)OCc2c1cc1n(c2=O)Cc2cc3cc(CCF)ccc3nc2-1. The number of ether oxygens (including phenoxy) is 1. The van der Waals surface area contributed by atoms with Crippen molar-refractivity contribution in [3.05, 3.63) is 62.9 Å². The number of benzene rings is 1. The first-order valence-corrected chi connectivity index (χ1v) is 9.62. The number of fused-ring (bicyclic) bond motifs is 5. The zero-order valence-corrected chi connectivity index (χ0v) is 15.9. The van der Waals surface area contributed by atoms with Crippen molar-refractivity contribution in [2.45, 2.75) is 38.5 Å². The Bertz CT molecular complexity index is 1250. The van der Waals surface area contributed by atoms with Gasteiger partial charge in [-0.05, 0) is 36.2 Å². The van der Waals surface area contributed by atoms with Crippen molar-refractivity contribution in [2.24, 2.45) is 0 Å². The number of halogens is 1. The normalized spacial score (nSPS) is 19.6. The molecule has 0 bridgehead atoms. The van der Waals surface area contributed by atoms with Crippen LogP contribution in [0.2, 0.25) is 0 Å². The van der Waals surface area contributed by atoms with Crippen molar-refractivity contribution < 1.29 is 19.0 Å². The first kappa shape index (κ1) is 18.0. The van der Waals surface area contributed by atoms with Gasteiger partial charge in [0.1, 0.15) is 6.61 Å². The molecule has 6 nitrogen and oxygen atoms in total. The van der Waals surface area contributed by atoms with Crippen LogP contribution in [-0.2, 0) is 34.7 Å². The highest BCUT2D eigenvalue weighted by atomic mass is 19.1. The molecule has 1 N–H and O–H groups in total. The summed E-state index contributed by atoms with van der Waals surface area (Å²) >= 11 is 0. The monoisotopic (exact) mass is 394 g/mol. The predicted octanol–water partition coefficient (Wildman–Crippen LogP) is 2.59. The molecule has 0 unspecified atom stereocenters. The molecular weight excluding hydrogens is 375 g/mol. The maximum absolute atomic E-state index is 13.1. The topological polar surface area (TPSA) is 81.4 Å². The maximum atomic E-state index is 13.1. The summed E-state index contributed by atoms with van der Waals surface area (Å²) < 4.78 is 19.4. The van der Waals surface area contributed by atoms with Crippen LogP contribution >= 0.6 is 0 Å². The van der Waals surface area contributed by atoms with Gasteiger partial charge in [0.05, 0.1) is 35.7 Å². The van der Waals surface area contributed by atoms with E-state index in [-0.39, 0.29) is 18.6 Å².